The van der Waals surface area contributed by atoms with Gasteiger partial charge in [-0.05, 0) is 31.2 Å². The summed E-state index contributed by atoms with van der Waals surface area (Å²) in [5.74, 6) is 0.666. The molecule has 0 radical (unpaired) electrons. The van der Waals surface area contributed by atoms with Crippen molar-refractivity contribution in [1.29, 1.82) is 0 Å². The van der Waals surface area contributed by atoms with E-state index in [9.17, 15) is 4.79 Å². The van der Waals surface area contributed by atoms with Crippen LogP contribution in [0.1, 0.15) is 29.8 Å². The van der Waals surface area contributed by atoms with Gasteiger partial charge in [0.05, 0.1) is 18.6 Å². The molecular weight excluding hydrogens is 340 g/mol. The molecule has 4 heterocycles. The maximum atomic E-state index is 12.8. The summed E-state index contributed by atoms with van der Waals surface area (Å²) in [6.07, 6.45) is 4.05. The molecule has 2 bridgehead atoms. The summed E-state index contributed by atoms with van der Waals surface area (Å²) in [5, 5.41) is 0. The van der Waals surface area contributed by atoms with Gasteiger partial charge in [0, 0.05) is 37.9 Å². The zero-order valence-electron chi connectivity index (χ0n) is 15.9. The van der Waals surface area contributed by atoms with Gasteiger partial charge in [-0.2, -0.15) is 0 Å². The summed E-state index contributed by atoms with van der Waals surface area (Å²) in [6.45, 7) is 6.39. The number of hydrogen-bond donors (Lipinski definition) is 1. The molecule has 6 nitrogen and oxygen atoms in total. The number of nitrogens with one attached hydrogen (secondary N) is 1. The number of aryl methyl sites for hydroxylation is 1. The Morgan fingerprint density at radius 3 is 2.85 bits per heavy atom. The topological polar surface area (TPSA) is 61.5 Å². The van der Waals surface area contributed by atoms with Crippen LogP contribution in [0.2, 0.25) is 0 Å². The third-order valence-corrected chi connectivity index (χ3v) is 5.75. The van der Waals surface area contributed by atoms with Crippen LogP contribution < -0.4 is 0 Å². The predicted octanol–water partition coefficient (Wildman–Crippen LogP) is 2.36. The highest BCUT2D eigenvalue weighted by Gasteiger charge is 2.37. The van der Waals surface area contributed by atoms with Crippen molar-refractivity contribution >= 4 is 5.91 Å². The number of imidazole rings is 1. The molecule has 1 N–H and O–H groups in total. The minimum atomic E-state index is 0.124. The summed E-state index contributed by atoms with van der Waals surface area (Å²) >= 11 is 0. The third kappa shape index (κ3) is 4.39. The zero-order chi connectivity index (χ0) is 18.6. The second-order valence-electron chi connectivity index (χ2n) is 7.79. The smallest absolute Gasteiger partial charge is 0.248 e. The van der Waals surface area contributed by atoms with Crippen LogP contribution >= 0.6 is 0 Å². The molecule has 144 valence electrons. The van der Waals surface area contributed by atoms with Gasteiger partial charge in [-0.25, -0.2) is 4.98 Å². The van der Waals surface area contributed by atoms with Crippen molar-refractivity contribution in [2.24, 2.45) is 5.92 Å². The number of piperidine rings is 1. The van der Waals surface area contributed by atoms with E-state index < -0.39 is 0 Å². The fourth-order valence-corrected chi connectivity index (χ4v) is 4.29. The Hall–Kier alpha value is -2.18. The molecular formula is C21H28N4O2. The summed E-state index contributed by atoms with van der Waals surface area (Å²) in [6, 6.07) is 10.3. The summed E-state index contributed by atoms with van der Waals surface area (Å²) in [4.78, 5) is 24.9. The first-order valence-corrected chi connectivity index (χ1v) is 9.81. The molecule has 0 aliphatic carbocycles. The van der Waals surface area contributed by atoms with Crippen molar-refractivity contribution in [3.63, 3.8) is 0 Å². The molecule has 1 aromatic carbocycles. The minimum Gasteiger partial charge on any atom is -0.367 e. The predicted molar refractivity (Wildman–Crippen MR) is 103 cm³/mol. The molecule has 6 heteroatoms. The van der Waals surface area contributed by atoms with E-state index in [1.807, 2.05) is 30.3 Å². The maximum Gasteiger partial charge on any atom is 0.248 e. The van der Waals surface area contributed by atoms with Gasteiger partial charge in [0.1, 0.15) is 6.61 Å². The SMILES string of the molecule is Cc1[nH]cnc1CN1C[C@@H]2CC[C@H](C1)N(C(=O)COCc1ccccc1)C2. The molecule has 5 rings (SSSR count). The Kier molecular flexibility index (Phi) is 5.55. The number of hydrogen-bond acceptors (Lipinski definition) is 4. The van der Waals surface area contributed by atoms with E-state index in [4.69, 9.17) is 4.74 Å². The van der Waals surface area contributed by atoms with Gasteiger partial charge in [-0.15, -0.1) is 0 Å². The number of nitrogens with zero attached hydrogens (tertiary/aromatic N) is 3. The zero-order valence-corrected chi connectivity index (χ0v) is 15.9. The van der Waals surface area contributed by atoms with Gasteiger partial charge in [0.25, 0.3) is 0 Å². The van der Waals surface area contributed by atoms with E-state index >= 15 is 0 Å². The first-order valence-electron chi connectivity index (χ1n) is 9.81. The van der Waals surface area contributed by atoms with Crippen LogP contribution in [0.4, 0.5) is 0 Å². The number of aromatic nitrogens is 2. The van der Waals surface area contributed by atoms with Gasteiger partial charge >= 0.3 is 0 Å². The number of carbonyl (C=O) groups excluding carboxylic acids is 1. The van der Waals surface area contributed by atoms with Crippen LogP contribution in [0.25, 0.3) is 0 Å². The minimum absolute atomic E-state index is 0.124. The molecule has 0 unspecified atom stereocenters. The average molecular weight is 368 g/mol. The van der Waals surface area contributed by atoms with Crippen molar-refractivity contribution in [2.45, 2.75) is 39.0 Å². The number of benzene rings is 1. The second-order valence-corrected chi connectivity index (χ2v) is 7.79. The Labute approximate surface area is 160 Å². The van der Waals surface area contributed by atoms with Crippen molar-refractivity contribution in [3.8, 4) is 0 Å². The second kappa shape index (κ2) is 8.23. The highest BCUT2D eigenvalue weighted by Crippen LogP contribution is 2.29. The van der Waals surface area contributed by atoms with Crippen molar-refractivity contribution in [2.75, 3.05) is 26.2 Å². The largest absolute Gasteiger partial charge is 0.367 e. The van der Waals surface area contributed by atoms with Crippen LogP contribution in [0.5, 0.6) is 0 Å². The van der Waals surface area contributed by atoms with Crippen LogP contribution in [0, 0.1) is 12.8 Å². The molecule has 3 aliphatic rings. The van der Waals surface area contributed by atoms with E-state index in [1.165, 1.54) is 6.42 Å². The first kappa shape index (κ1) is 18.2. The fraction of sp³-hybridized carbons (Fsp3) is 0.524. The summed E-state index contributed by atoms with van der Waals surface area (Å²) in [7, 11) is 0. The van der Waals surface area contributed by atoms with E-state index in [0.29, 0.717) is 12.5 Å². The van der Waals surface area contributed by atoms with Gasteiger partial charge in [0.15, 0.2) is 0 Å². The number of ether oxygens (including phenoxy) is 1. The van der Waals surface area contributed by atoms with Crippen molar-refractivity contribution < 1.29 is 9.53 Å². The van der Waals surface area contributed by atoms with E-state index in [0.717, 1.165) is 49.6 Å². The summed E-state index contributed by atoms with van der Waals surface area (Å²) < 4.78 is 5.69. The molecule has 0 saturated carbocycles. The van der Waals surface area contributed by atoms with Crippen LogP contribution in [-0.2, 0) is 22.7 Å². The standard InChI is InChI=1S/C21H28N4O2/c1-16-20(23-15-22-16)12-24-9-18-7-8-19(11-24)25(10-18)21(26)14-27-13-17-5-3-2-4-6-17/h2-6,15,18-19H,7-14H2,1H3,(H,22,23)/t18-,19+/m0/s1. The highest BCUT2D eigenvalue weighted by atomic mass is 16.5. The van der Waals surface area contributed by atoms with Crippen LogP contribution in [-0.4, -0.2) is 58.0 Å². The molecule has 1 amide bonds. The van der Waals surface area contributed by atoms with Crippen LogP contribution in [0.3, 0.4) is 0 Å². The van der Waals surface area contributed by atoms with Gasteiger partial charge in [-0.1, -0.05) is 30.3 Å². The molecule has 27 heavy (non-hydrogen) atoms. The lowest BCUT2D eigenvalue weighted by Crippen LogP contribution is -2.48. The molecule has 3 fully saturated rings. The first-order chi connectivity index (χ1) is 13.2. The van der Waals surface area contributed by atoms with E-state index in [2.05, 4.69) is 26.7 Å². The molecule has 3 saturated heterocycles. The van der Waals surface area contributed by atoms with Crippen molar-refractivity contribution in [1.82, 2.24) is 19.8 Å². The number of amides is 1. The van der Waals surface area contributed by atoms with Crippen molar-refractivity contribution in [3.05, 3.63) is 53.6 Å². The lowest BCUT2D eigenvalue weighted by atomic mass is 9.95. The Morgan fingerprint density at radius 2 is 2.07 bits per heavy atom. The third-order valence-electron chi connectivity index (χ3n) is 5.75. The number of rotatable bonds is 6. The Morgan fingerprint density at radius 1 is 1.22 bits per heavy atom. The molecule has 0 spiro atoms. The molecule has 1 aromatic heterocycles. The quantitative estimate of drug-likeness (QED) is 0.850. The van der Waals surface area contributed by atoms with Gasteiger partial charge in [-0.3, -0.25) is 9.69 Å². The molecule has 3 aliphatic heterocycles. The maximum absolute atomic E-state index is 12.8. The highest BCUT2D eigenvalue weighted by molar-refractivity contribution is 5.78. The average Bonchev–Trinajstić information content (AvgIpc) is 2.89. The fourth-order valence-electron chi connectivity index (χ4n) is 4.29. The van der Waals surface area contributed by atoms with E-state index in [1.54, 1.807) is 6.33 Å². The lowest BCUT2D eigenvalue weighted by molar-refractivity contribution is -0.140. The molecule has 2 aromatic rings. The normalized spacial score (nSPS) is 22.8. The molecule has 2 atom stereocenters. The van der Waals surface area contributed by atoms with Gasteiger partial charge < -0.3 is 14.6 Å². The lowest BCUT2D eigenvalue weighted by Gasteiger charge is -2.36. The number of H-pyrrole nitrogens is 1. The monoisotopic (exact) mass is 368 g/mol. The Balaban J connectivity index is 1.33. The van der Waals surface area contributed by atoms with Crippen LogP contribution in [0.15, 0.2) is 36.7 Å². The Bertz CT molecular complexity index is 761. The number of carbonyl (C=O) groups is 1. The number of fused-ring (bicyclic) bond motifs is 4. The number of aromatic amines is 1. The van der Waals surface area contributed by atoms with E-state index in [-0.39, 0.29) is 18.6 Å². The summed E-state index contributed by atoms with van der Waals surface area (Å²) in [5.41, 5.74) is 3.34. The van der Waals surface area contributed by atoms with Gasteiger partial charge in [0.2, 0.25) is 5.91 Å².